The molecule has 1 amide bonds. The van der Waals surface area contributed by atoms with Crippen LogP contribution in [0.3, 0.4) is 0 Å². The third-order valence-corrected chi connectivity index (χ3v) is 2.34. The van der Waals surface area contributed by atoms with Crippen LogP contribution in [0.4, 0.5) is 6.01 Å². The molecule has 0 bridgehead atoms. The summed E-state index contributed by atoms with van der Waals surface area (Å²) in [5.41, 5.74) is 9.13. The number of nitrogens with two attached hydrogens (primary N) is 1. The van der Waals surface area contributed by atoms with E-state index in [9.17, 15) is 4.79 Å². The van der Waals surface area contributed by atoms with Crippen molar-refractivity contribution in [2.45, 2.75) is 6.92 Å². The fourth-order valence-corrected chi connectivity index (χ4v) is 1.52. The number of rotatable bonds is 4. The summed E-state index contributed by atoms with van der Waals surface area (Å²) in [7, 11) is 1.33. The van der Waals surface area contributed by atoms with Crippen LogP contribution >= 0.6 is 0 Å². The van der Waals surface area contributed by atoms with E-state index in [0.717, 1.165) is 5.56 Å². The van der Waals surface area contributed by atoms with Crippen LogP contribution in [0.5, 0.6) is 0 Å². The van der Waals surface area contributed by atoms with Crippen LogP contribution in [-0.2, 0) is 9.63 Å². The van der Waals surface area contributed by atoms with E-state index in [4.69, 9.17) is 10.2 Å². The molecule has 0 spiro atoms. The zero-order valence-electron chi connectivity index (χ0n) is 11.0. The van der Waals surface area contributed by atoms with Gasteiger partial charge in [0.2, 0.25) is 11.9 Å². The number of aryl methyl sites for hydroxylation is 1. The quantitative estimate of drug-likeness (QED) is 0.463. The summed E-state index contributed by atoms with van der Waals surface area (Å²) in [5, 5.41) is 3.64. The second kappa shape index (κ2) is 5.83. The van der Waals surface area contributed by atoms with Crippen molar-refractivity contribution in [3.05, 3.63) is 42.0 Å². The van der Waals surface area contributed by atoms with Gasteiger partial charge in [-0.15, -0.1) is 5.43 Å². The highest BCUT2D eigenvalue weighted by molar-refractivity contribution is 6.46. The Kier molecular flexibility index (Phi) is 3.94. The van der Waals surface area contributed by atoms with Gasteiger partial charge in [0.1, 0.15) is 19.1 Å². The number of amides is 1. The number of nitrogens with one attached hydrogen (secondary N) is 1. The van der Waals surface area contributed by atoms with Crippen LogP contribution in [0.15, 0.2) is 40.4 Å². The Morgan fingerprint density at radius 3 is 3.00 bits per heavy atom. The molecule has 20 heavy (non-hydrogen) atoms. The van der Waals surface area contributed by atoms with Gasteiger partial charge in [0.15, 0.2) is 6.20 Å². The first kappa shape index (κ1) is 13.5. The molecule has 0 aliphatic heterocycles. The van der Waals surface area contributed by atoms with Crippen LogP contribution in [0.1, 0.15) is 11.3 Å². The average molecular weight is 276 g/mol. The Morgan fingerprint density at radius 2 is 2.40 bits per heavy atom. The lowest BCUT2D eigenvalue weighted by molar-refractivity contribution is -0.642. The fourth-order valence-electron chi connectivity index (χ4n) is 1.52. The van der Waals surface area contributed by atoms with E-state index in [2.05, 4.69) is 20.4 Å². The number of pyridine rings is 1. The van der Waals surface area contributed by atoms with Crippen LogP contribution in [0.25, 0.3) is 0 Å². The number of carbonyl (C=O) groups excluding carboxylic acids is 1. The predicted octanol–water partition coefficient (Wildman–Crippen LogP) is -0.0265. The van der Waals surface area contributed by atoms with Crippen molar-refractivity contribution in [1.29, 1.82) is 0 Å². The van der Waals surface area contributed by atoms with Gasteiger partial charge < -0.3 is 15.0 Å². The van der Waals surface area contributed by atoms with Crippen molar-refractivity contribution in [3.63, 3.8) is 0 Å². The van der Waals surface area contributed by atoms with Crippen molar-refractivity contribution in [2.75, 3.05) is 18.3 Å². The number of nitrogen functional groups attached to an aromatic ring is 1. The van der Waals surface area contributed by atoms with Gasteiger partial charge in [-0.2, -0.15) is 4.98 Å². The lowest BCUT2D eigenvalue weighted by Gasteiger charge is -2.01. The molecular weight excluding hydrogens is 262 g/mol. The van der Waals surface area contributed by atoms with E-state index < -0.39 is 5.91 Å². The average Bonchev–Trinajstić information content (AvgIpc) is 2.82. The first-order chi connectivity index (χ1) is 9.60. The van der Waals surface area contributed by atoms with E-state index in [1.807, 2.05) is 13.0 Å². The molecule has 0 saturated carbocycles. The van der Waals surface area contributed by atoms with Crippen molar-refractivity contribution >= 4 is 17.6 Å². The van der Waals surface area contributed by atoms with E-state index in [0.29, 0.717) is 0 Å². The molecule has 2 rings (SSSR count). The maximum absolute atomic E-state index is 12.2. The summed E-state index contributed by atoms with van der Waals surface area (Å²) in [4.78, 5) is 20.6. The maximum atomic E-state index is 12.2. The first-order valence-electron chi connectivity index (χ1n) is 5.72. The fraction of sp³-hybridized carbons (Fsp3) is 0.167. The molecule has 2 aromatic heterocycles. The van der Waals surface area contributed by atoms with Crippen molar-refractivity contribution in [2.24, 2.45) is 5.16 Å². The van der Waals surface area contributed by atoms with Crippen LogP contribution in [0.2, 0.25) is 0 Å². The molecule has 0 fully saturated rings. The Bertz CT molecular complexity index is 650. The summed E-state index contributed by atoms with van der Waals surface area (Å²) in [5.74, 6) is -0.504. The predicted molar refractivity (Wildman–Crippen MR) is 70.2 cm³/mol. The zero-order chi connectivity index (χ0) is 14.5. The molecule has 2 heterocycles. The van der Waals surface area contributed by atoms with Gasteiger partial charge in [-0.1, -0.05) is 9.83 Å². The van der Waals surface area contributed by atoms with Crippen molar-refractivity contribution in [1.82, 2.24) is 4.98 Å². The molecule has 8 nitrogen and oxygen atoms in total. The van der Waals surface area contributed by atoms with E-state index in [1.165, 1.54) is 18.0 Å². The second-order valence-electron chi connectivity index (χ2n) is 3.92. The maximum Gasteiger partial charge on any atom is 0.329 e. The molecule has 0 aliphatic rings. The van der Waals surface area contributed by atoms with Gasteiger partial charge in [0.25, 0.3) is 6.01 Å². The highest BCUT2D eigenvalue weighted by atomic mass is 16.6. The van der Waals surface area contributed by atoms with Gasteiger partial charge in [0, 0.05) is 11.6 Å². The Labute approximate surface area is 114 Å². The minimum atomic E-state index is -0.504. The first-order valence-corrected chi connectivity index (χ1v) is 5.72. The molecule has 0 aromatic carbocycles. The summed E-state index contributed by atoms with van der Waals surface area (Å²) in [6, 6.07) is 3.65. The number of oxazole rings is 1. The highest BCUT2D eigenvalue weighted by Crippen LogP contribution is 2.05. The van der Waals surface area contributed by atoms with E-state index in [1.54, 1.807) is 18.5 Å². The number of hydrogen-bond donors (Lipinski definition) is 2. The smallest absolute Gasteiger partial charge is 0.329 e. The highest BCUT2D eigenvalue weighted by Gasteiger charge is 2.22. The zero-order valence-corrected chi connectivity index (χ0v) is 11.0. The second-order valence-corrected chi connectivity index (χ2v) is 3.92. The summed E-state index contributed by atoms with van der Waals surface area (Å²) in [6.07, 6.45) is 4.67. The molecule has 8 heteroatoms. The Hall–Kier alpha value is -2.90. The Balaban J connectivity index is 2.22. The van der Waals surface area contributed by atoms with Gasteiger partial charge in [-0.25, -0.2) is 0 Å². The number of oxime groups is 1. The lowest BCUT2D eigenvalue weighted by Crippen LogP contribution is -2.50. The van der Waals surface area contributed by atoms with Gasteiger partial charge in [-0.05, 0) is 13.0 Å². The number of nitrogens with zero attached hydrogens (tertiary/aromatic N) is 3. The van der Waals surface area contributed by atoms with Crippen molar-refractivity contribution < 1.29 is 18.7 Å². The Morgan fingerprint density at radius 1 is 1.60 bits per heavy atom. The van der Waals surface area contributed by atoms with E-state index in [-0.39, 0.29) is 17.4 Å². The molecule has 2 aromatic rings. The van der Waals surface area contributed by atoms with Gasteiger partial charge >= 0.3 is 5.91 Å². The number of aromatic nitrogens is 2. The monoisotopic (exact) mass is 276 g/mol. The summed E-state index contributed by atoms with van der Waals surface area (Å²) < 4.78 is 6.36. The van der Waals surface area contributed by atoms with Gasteiger partial charge in [-0.3, -0.25) is 4.79 Å². The lowest BCUT2D eigenvalue weighted by atomic mass is 10.3. The number of anilines is 1. The van der Waals surface area contributed by atoms with Crippen molar-refractivity contribution in [3.8, 4) is 0 Å². The molecule has 0 saturated heterocycles. The molecule has 0 atom stereocenters. The standard InChI is InChI=1S/C12H13N5O3/c1-8-4-3-5-17(6-8)15-11(18)10(16-19-2)9-7-20-12(13)14-9/h3-7H,1-2H3,(H2-,13,14,15,18)/p+1/b16-10-. The largest absolute Gasteiger partial charge is 0.432 e. The SMILES string of the molecule is CO/N=C(\C(=O)N[n+]1cccc(C)c1)c1coc(N)n1. The molecule has 0 aliphatic carbocycles. The van der Waals surface area contributed by atoms with Crippen LogP contribution in [-0.4, -0.2) is 23.7 Å². The molecule has 104 valence electrons. The third-order valence-electron chi connectivity index (χ3n) is 2.34. The number of carbonyl (C=O) groups is 1. The molecular formula is C12H14N5O3+. The van der Waals surface area contributed by atoms with Crippen LogP contribution in [0, 0.1) is 6.92 Å². The molecule has 0 radical (unpaired) electrons. The van der Waals surface area contributed by atoms with Gasteiger partial charge in [0.05, 0.1) is 0 Å². The minimum Gasteiger partial charge on any atom is -0.432 e. The van der Waals surface area contributed by atoms with Crippen LogP contribution < -0.4 is 15.8 Å². The normalized spacial score (nSPS) is 11.2. The topological polar surface area (TPSA) is 107 Å². The summed E-state index contributed by atoms with van der Waals surface area (Å²) >= 11 is 0. The molecule has 3 N–H and O–H groups in total. The van der Waals surface area contributed by atoms with E-state index >= 15 is 0 Å². The third kappa shape index (κ3) is 3.10. The molecule has 0 unspecified atom stereocenters. The summed E-state index contributed by atoms with van der Waals surface area (Å²) in [6.45, 7) is 1.91. The minimum absolute atomic E-state index is 0.0399. The number of hydrogen-bond acceptors (Lipinski definition) is 6.